The fourth-order valence-corrected chi connectivity index (χ4v) is 8.70. The Kier molecular flexibility index (Phi) is 3.98. The van der Waals surface area contributed by atoms with E-state index in [-0.39, 0.29) is 29.6 Å². The lowest BCUT2D eigenvalue weighted by Crippen LogP contribution is -2.55. The number of cyclic esters (lactones) is 1. The molecule has 0 radical (unpaired) electrons. The van der Waals surface area contributed by atoms with Crippen molar-refractivity contribution >= 4 is 11.9 Å². The third-order valence-electron chi connectivity index (χ3n) is 9.77. The fourth-order valence-electron chi connectivity index (χ4n) is 8.70. The van der Waals surface area contributed by atoms with Gasteiger partial charge in [0, 0.05) is 12.8 Å². The quantitative estimate of drug-likeness (QED) is 0.634. The summed E-state index contributed by atoms with van der Waals surface area (Å²) in [7, 11) is 0. The van der Waals surface area contributed by atoms with E-state index in [1.54, 1.807) is 0 Å². The van der Waals surface area contributed by atoms with E-state index in [0.717, 1.165) is 25.2 Å². The van der Waals surface area contributed by atoms with Crippen LogP contribution in [0.15, 0.2) is 0 Å². The zero-order chi connectivity index (χ0) is 19.0. The molecule has 4 saturated carbocycles. The molecule has 5 fully saturated rings. The lowest BCUT2D eigenvalue weighted by atomic mass is 9.44. The van der Waals surface area contributed by atoms with E-state index >= 15 is 0 Å². The minimum atomic E-state index is -0.154. The smallest absolute Gasteiger partial charge is 0.313 e. The van der Waals surface area contributed by atoms with E-state index in [1.165, 1.54) is 45.4 Å². The highest BCUT2D eigenvalue weighted by Crippen LogP contribution is 2.69. The molecule has 0 amide bonds. The first-order chi connectivity index (χ1) is 12.9. The summed E-state index contributed by atoms with van der Waals surface area (Å²) < 4.78 is 11.3. The van der Waals surface area contributed by atoms with Gasteiger partial charge in [-0.15, -0.1) is 0 Å². The Morgan fingerprint density at radius 1 is 1.04 bits per heavy atom. The van der Waals surface area contributed by atoms with Crippen LogP contribution in [0.5, 0.6) is 0 Å². The molecule has 150 valence electrons. The molecule has 1 spiro atoms. The number of carbonyl (C=O) groups excluding carboxylic acids is 2. The van der Waals surface area contributed by atoms with Gasteiger partial charge in [-0.1, -0.05) is 6.92 Å². The standard InChI is InChI=1S/C23H34O4/c1-13-18-6-7-20-17-5-4-15-12-16(27-14(2)24)8-10-22(15,3)19(17)9-11-23(18,20)21(25)26-13/h13,15-20H,4-12H2,1-3H3/t13-,15+,16+,17?,18-,19?,20?,22+,23+/m1/s1. The molecule has 5 aliphatic rings. The number of esters is 2. The van der Waals surface area contributed by atoms with Crippen molar-refractivity contribution in [1.82, 2.24) is 0 Å². The van der Waals surface area contributed by atoms with Gasteiger partial charge in [-0.2, -0.15) is 0 Å². The maximum absolute atomic E-state index is 12.9. The molecule has 0 aromatic carbocycles. The highest BCUT2D eigenvalue weighted by Gasteiger charge is 2.68. The molecule has 0 aromatic rings. The van der Waals surface area contributed by atoms with Crippen LogP contribution in [0.2, 0.25) is 0 Å². The van der Waals surface area contributed by atoms with Crippen LogP contribution in [0.4, 0.5) is 0 Å². The summed E-state index contributed by atoms with van der Waals surface area (Å²) in [5.74, 6) is 3.08. The van der Waals surface area contributed by atoms with Crippen molar-refractivity contribution in [3.8, 4) is 0 Å². The molecule has 1 aliphatic heterocycles. The minimum Gasteiger partial charge on any atom is -0.463 e. The molecule has 9 atom stereocenters. The number of rotatable bonds is 1. The van der Waals surface area contributed by atoms with Crippen LogP contribution >= 0.6 is 0 Å². The molecule has 5 rings (SSSR count). The monoisotopic (exact) mass is 374 g/mol. The van der Waals surface area contributed by atoms with Gasteiger partial charge in [0.2, 0.25) is 0 Å². The van der Waals surface area contributed by atoms with Crippen LogP contribution in [0.3, 0.4) is 0 Å². The van der Waals surface area contributed by atoms with Gasteiger partial charge in [0.15, 0.2) is 0 Å². The number of hydrogen-bond donors (Lipinski definition) is 0. The van der Waals surface area contributed by atoms with E-state index in [2.05, 4.69) is 13.8 Å². The fraction of sp³-hybridized carbons (Fsp3) is 0.913. The van der Waals surface area contributed by atoms with Gasteiger partial charge in [-0.25, -0.2) is 0 Å². The molecule has 4 heteroatoms. The van der Waals surface area contributed by atoms with Crippen LogP contribution in [0.25, 0.3) is 0 Å². The van der Waals surface area contributed by atoms with Crippen LogP contribution in [0, 0.1) is 40.4 Å². The van der Waals surface area contributed by atoms with Gasteiger partial charge in [0.05, 0.1) is 5.41 Å². The van der Waals surface area contributed by atoms with Crippen LogP contribution < -0.4 is 0 Å². The molecule has 4 aliphatic carbocycles. The Bertz CT molecular complexity index is 659. The van der Waals surface area contributed by atoms with Crippen LogP contribution in [-0.4, -0.2) is 24.1 Å². The molecule has 27 heavy (non-hydrogen) atoms. The summed E-state index contributed by atoms with van der Waals surface area (Å²) in [5, 5.41) is 0. The molecule has 1 heterocycles. The second-order valence-electron chi connectivity index (χ2n) is 10.5. The van der Waals surface area contributed by atoms with Crippen molar-refractivity contribution in [2.75, 3.05) is 0 Å². The molecule has 4 nitrogen and oxygen atoms in total. The zero-order valence-electron chi connectivity index (χ0n) is 17.0. The maximum Gasteiger partial charge on any atom is 0.313 e. The third kappa shape index (κ3) is 2.34. The van der Waals surface area contributed by atoms with E-state index in [1.807, 2.05) is 0 Å². The molecule has 3 unspecified atom stereocenters. The van der Waals surface area contributed by atoms with Gasteiger partial charge in [0.25, 0.3) is 0 Å². The highest BCUT2D eigenvalue weighted by molar-refractivity contribution is 5.81. The second-order valence-corrected chi connectivity index (χ2v) is 10.5. The Hall–Kier alpha value is -1.06. The van der Waals surface area contributed by atoms with Gasteiger partial charge < -0.3 is 9.47 Å². The summed E-state index contributed by atoms with van der Waals surface area (Å²) in [6.45, 7) is 6.16. The first kappa shape index (κ1) is 18.0. The SMILES string of the molecule is CC(=O)O[C@H]1CC[C@]2(C)C3CC[C@]45C(=O)O[C@H](C)[C@H]4CCC5C3CC[C@H]2C1. The predicted molar refractivity (Wildman–Crippen MR) is 101 cm³/mol. The van der Waals surface area contributed by atoms with Crippen molar-refractivity contribution in [1.29, 1.82) is 0 Å². The molecule has 0 N–H and O–H groups in total. The Labute approximate surface area is 162 Å². The van der Waals surface area contributed by atoms with Crippen molar-refractivity contribution < 1.29 is 19.1 Å². The molecule has 0 bridgehead atoms. The summed E-state index contributed by atoms with van der Waals surface area (Å²) in [6.07, 6.45) is 10.6. The Balaban J connectivity index is 1.40. The lowest BCUT2D eigenvalue weighted by molar-refractivity contribution is -0.167. The number of fused-ring (bicyclic) bond motifs is 4. The van der Waals surface area contributed by atoms with Crippen molar-refractivity contribution in [3.63, 3.8) is 0 Å². The molecular weight excluding hydrogens is 340 g/mol. The summed E-state index contributed by atoms with van der Waals surface area (Å²) in [6, 6.07) is 0. The number of carbonyl (C=O) groups is 2. The Morgan fingerprint density at radius 3 is 2.59 bits per heavy atom. The summed E-state index contributed by atoms with van der Waals surface area (Å²) in [5.41, 5.74) is 0.201. The molecule has 1 saturated heterocycles. The van der Waals surface area contributed by atoms with Crippen LogP contribution in [0.1, 0.15) is 78.6 Å². The average molecular weight is 375 g/mol. The lowest BCUT2D eigenvalue weighted by Gasteiger charge is -2.60. The summed E-state index contributed by atoms with van der Waals surface area (Å²) >= 11 is 0. The van der Waals surface area contributed by atoms with E-state index in [4.69, 9.17) is 9.47 Å². The van der Waals surface area contributed by atoms with Gasteiger partial charge >= 0.3 is 11.9 Å². The second kappa shape index (κ2) is 5.97. The highest BCUT2D eigenvalue weighted by atomic mass is 16.6. The minimum absolute atomic E-state index is 0.116. The van der Waals surface area contributed by atoms with E-state index in [9.17, 15) is 9.59 Å². The van der Waals surface area contributed by atoms with Crippen molar-refractivity contribution in [3.05, 3.63) is 0 Å². The first-order valence-electron chi connectivity index (χ1n) is 11.2. The maximum atomic E-state index is 12.9. The predicted octanol–water partition coefficient (Wildman–Crippen LogP) is 4.50. The largest absolute Gasteiger partial charge is 0.463 e. The number of hydrogen-bond acceptors (Lipinski definition) is 4. The number of ether oxygens (including phenoxy) is 2. The normalized spacial score (nSPS) is 53.6. The summed E-state index contributed by atoms with van der Waals surface area (Å²) in [4.78, 5) is 24.3. The van der Waals surface area contributed by atoms with Gasteiger partial charge in [0.1, 0.15) is 12.2 Å². The topological polar surface area (TPSA) is 52.6 Å². The molecular formula is C23H34O4. The zero-order valence-corrected chi connectivity index (χ0v) is 17.0. The molecule has 0 aromatic heterocycles. The first-order valence-corrected chi connectivity index (χ1v) is 11.2. The van der Waals surface area contributed by atoms with Gasteiger partial charge in [-0.3, -0.25) is 9.59 Å². The third-order valence-corrected chi connectivity index (χ3v) is 9.77. The van der Waals surface area contributed by atoms with E-state index in [0.29, 0.717) is 29.1 Å². The van der Waals surface area contributed by atoms with Gasteiger partial charge in [-0.05, 0) is 93.8 Å². The Morgan fingerprint density at radius 2 is 1.81 bits per heavy atom. The average Bonchev–Trinajstić information content (AvgIpc) is 3.11. The van der Waals surface area contributed by atoms with Crippen molar-refractivity contribution in [2.24, 2.45) is 40.4 Å². The van der Waals surface area contributed by atoms with E-state index < -0.39 is 0 Å². The van der Waals surface area contributed by atoms with Crippen LogP contribution in [-0.2, 0) is 19.1 Å². The van der Waals surface area contributed by atoms with Crippen molar-refractivity contribution in [2.45, 2.75) is 90.8 Å².